The minimum atomic E-state index is -0.453. The smallest absolute Gasteiger partial charge is 0.315 e. The van der Waals surface area contributed by atoms with E-state index in [0.29, 0.717) is 13.0 Å². The molecular weight excluding hydrogens is 365 g/mol. The molecule has 1 aliphatic rings. The van der Waals surface area contributed by atoms with Crippen molar-refractivity contribution >= 4 is 6.03 Å². The molecule has 0 aliphatic carbocycles. The first-order chi connectivity index (χ1) is 13.7. The Hall–Kier alpha value is -3.33. The van der Waals surface area contributed by atoms with E-state index in [9.17, 15) is 9.18 Å². The Morgan fingerprint density at radius 1 is 1.25 bits per heavy atom. The van der Waals surface area contributed by atoms with Crippen LogP contribution < -0.4 is 10.6 Å². The Kier molecular flexibility index (Phi) is 5.24. The molecule has 3 heterocycles. The molecule has 9 heteroatoms. The van der Waals surface area contributed by atoms with E-state index in [0.717, 1.165) is 5.56 Å². The number of pyridine rings is 1. The lowest BCUT2D eigenvalue weighted by Crippen LogP contribution is -2.43. The molecule has 0 unspecified atom stereocenters. The van der Waals surface area contributed by atoms with Crippen molar-refractivity contribution in [1.29, 1.82) is 0 Å². The third-order valence-electron chi connectivity index (χ3n) is 4.40. The summed E-state index contributed by atoms with van der Waals surface area (Å²) in [5, 5.41) is 9.35. The number of hydrogen-bond donors (Lipinski definition) is 2. The highest BCUT2D eigenvalue weighted by molar-refractivity contribution is 5.74. The number of halogens is 1. The summed E-state index contributed by atoms with van der Waals surface area (Å²) in [5.41, 5.74) is 1.13. The van der Waals surface area contributed by atoms with Gasteiger partial charge in [-0.25, -0.2) is 9.18 Å². The van der Waals surface area contributed by atoms with Gasteiger partial charge in [-0.2, -0.15) is 4.98 Å². The highest BCUT2D eigenvalue weighted by Gasteiger charge is 2.31. The minimum absolute atomic E-state index is 0.0505. The molecule has 4 rings (SSSR count). The number of amides is 2. The molecule has 28 heavy (non-hydrogen) atoms. The van der Waals surface area contributed by atoms with Crippen molar-refractivity contribution in [3.8, 4) is 11.5 Å². The fourth-order valence-corrected chi connectivity index (χ4v) is 3.06. The molecule has 0 spiro atoms. The van der Waals surface area contributed by atoms with Crippen LogP contribution in [0.15, 0.2) is 53.3 Å². The summed E-state index contributed by atoms with van der Waals surface area (Å²) in [6, 6.07) is 9.32. The van der Waals surface area contributed by atoms with E-state index in [-0.39, 0.29) is 42.0 Å². The van der Waals surface area contributed by atoms with Crippen LogP contribution in [-0.2, 0) is 11.3 Å². The first-order valence-electron chi connectivity index (χ1n) is 8.84. The Labute approximate surface area is 160 Å². The van der Waals surface area contributed by atoms with Crippen LogP contribution in [-0.4, -0.2) is 33.8 Å². The van der Waals surface area contributed by atoms with Gasteiger partial charge in [0.25, 0.3) is 5.89 Å². The van der Waals surface area contributed by atoms with Crippen molar-refractivity contribution < 1.29 is 18.4 Å². The molecule has 144 valence electrons. The largest absolute Gasteiger partial charge is 0.371 e. The molecule has 8 nitrogen and oxygen atoms in total. The summed E-state index contributed by atoms with van der Waals surface area (Å²) in [6.07, 6.45) is 3.88. The second-order valence-electron chi connectivity index (χ2n) is 6.30. The summed E-state index contributed by atoms with van der Waals surface area (Å²) in [6.45, 7) is 0.607. The van der Waals surface area contributed by atoms with Crippen molar-refractivity contribution in [3.05, 3.63) is 66.0 Å². The molecule has 1 aromatic carbocycles. The van der Waals surface area contributed by atoms with Crippen LogP contribution in [0.1, 0.15) is 23.9 Å². The van der Waals surface area contributed by atoms with Gasteiger partial charge in [0.15, 0.2) is 5.82 Å². The van der Waals surface area contributed by atoms with E-state index in [1.807, 2.05) is 12.1 Å². The van der Waals surface area contributed by atoms with Gasteiger partial charge >= 0.3 is 6.03 Å². The molecule has 0 saturated carbocycles. The molecule has 0 radical (unpaired) electrons. The quantitative estimate of drug-likeness (QED) is 0.702. The maximum absolute atomic E-state index is 13.8. The van der Waals surface area contributed by atoms with Crippen LogP contribution in [0.25, 0.3) is 11.5 Å². The standard InChI is InChI=1S/C19H18FN5O3/c20-14-6-2-1-5-13(14)18-24-16(25-28-18)11-22-19(26)23-15-7-9-27-17(15)12-4-3-8-21-10-12/h1-6,8,10,15,17H,7,9,11H2,(H2,22,23,26)/t15-,17+/m1/s1. The minimum Gasteiger partial charge on any atom is -0.371 e. The number of rotatable bonds is 5. The van der Waals surface area contributed by atoms with Crippen molar-refractivity contribution in [1.82, 2.24) is 25.8 Å². The lowest BCUT2D eigenvalue weighted by atomic mass is 10.0. The number of carbonyl (C=O) groups is 1. The molecule has 2 N–H and O–H groups in total. The molecule has 1 fully saturated rings. The Morgan fingerprint density at radius 3 is 2.96 bits per heavy atom. The number of ether oxygens (including phenoxy) is 1. The Bertz CT molecular complexity index is 950. The highest BCUT2D eigenvalue weighted by Crippen LogP contribution is 2.28. The van der Waals surface area contributed by atoms with E-state index in [1.54, 1.807) is 30.6 Å². The predicted octanol–water partition coefficient (Wildman–Crippen LogP) is 2.60. The predicted molar refractivity (Wildman–Crippen MR) is 96.4 cm³/mol. The van der Waals surface area contributed by atoms with Crippen LogP contribution >= 0.6 is 0 Å². The molecule has 1 aliphatic heterocycles. The number of urea groups is 1. The average molecular weight is 383 g/mol. The molecule has 2 atom stereocenters. The number of hydrogen-bond acceptors (Lipinski definition) is 6. The Morgan fingerprint density at radius 2 is 2.14 bits per heavy atom. The van der Waals surface area contributed by atoms with Crippen LogP contribution in [0.3, 0.4) is 0 Å². The van der Waals surface area contributed by atoms with Gasteiger partial charge in [0.05, 0.1) is 18.2 Å². The third kappa shape index (κ3) is 3.99. The molecule has 0 bridgehead atoms. The zero-order valence-electron chi connectivity index (χ0n) is 14.8. The zero-order valence-corrected chi connectivity index (χ0v) is 14.8. The normalized spacial score (nSPS) is 18.8. The van der Waals surface area contributed by atoms with Gasteiger partial charge < -0.3 is 19.9 Å². The third-order valence-corrected chi connectivity index (χ3v) is 4.40. The van der Waals surface area contributed by atoms with Gasteiger partial charge in [-0.05, 0) is 24.6 Å². The summed E-state index contributed by atoms with van der Waals surface area (Å²) in [4.78, 5) is 20.4. The second kappa shape index (κ2) is 8.13. The van der Waals surface area contributed by atoms with Crippen LogP contribution in [0.5, 0.6) is 0 Å². The summed E-state index contributed by atoms with van der Waals surface area (Å²) in [5.74, 6) is -0.137. The van der Waals surface area contributed by atoms with Crippen LogP contribution in [0.4, 0.5) is 9.18 Å². The van der Waals surface area contributed by atoms with Gasteiger partial charge in [0.2, 0.25) is 0 Å². The van der Waals surface area contributed by atoms with Gasteiger partial charge in [0.1, 0.15) is 11.9 Å². The average Bonchev–Trinajstić information content (AvgIpc) is 3.37. The van der Waals surface area contributed by atoms with Crippen molar-refractivity contribution in [2.45, 2.75) is 25.1 Å². The molecular formula is C19H18FN5O3. The fraction of sp³-hybridized carbons (Fsp3) is 0.263. The molecule has 2 amide bonds. The number of benzene rings is 1. The van der Waals surface area contributed by atoms with E-state index in [2.05, 4.69) is 25.8 Å². The van der Waals surface area contributed by atoms with Crippen molar-refractivity contribution in [2.75, 3.05) is 6.61 Å². The molecule has 2 aromatic heterocycles. The van der Waals surface area contributed by atoms with E-state index in [1.165, 1.54) is 6.07 Å². The van der Waals surface area contributed by atoms with E-state index < -0.39 is 5.82 Å². The Balaban J connectivity index is 1.33. The number of nitrogens with zero attached hydrogens (tertiary/aromatic N) is 3. The number of nitrogens with one attached hydrogen (secondary N) is 2. The van der Waals surface area contributed by atoms with Crippen molar-refractivity contribution in [2.24, 2.45) is 0 Å². The topological polar surface area (TPSA) is 102 Å². The van der Waals surface area contributed by atoms with Gasteiger partial charge in [-0.15, -0.1) is 0 Å². The summed E-state index contributed by atoms with van der Waals surface area (Å²) < 4.78 is 24.6. The maximum Gasteiger partial charge on any atom is 0.315 e. The zero-order chi connectivity index (χ0) is 19.3. The number of carbonyl (C=O) groups excluding carboxylic acids is 1. The SMILES string of the molecule is O=C(NCc1noc(-c2ccccc2F)n1)N[C@@H]1CCO[C@H]1c1cccnc1. The first-order valence-corrected chi connectivity index (χ1v) is 8.84. The highest BCUT2D eigenvalue weighted by atomic mass is 19.1. The van der Waals surface area contributed by atoms with Crippen LogP contribution in [0.2, 0.25) is 0 Å². The maximum atomic E-state index is 13.8. The summed E-state index contributed by atoms with van der Waals surface area (Å²) >= 11 is 0. The van der Waals surface area contributed by atoms with Crippen LogP contribution in [0, 0.1) is 5.82 Å². The summed E-state index contributed by atoms with van der Waals surface area (Å²) in [7, 11) is 0. The van der Waals surface area contributed by atoms with Crippen molar-refractivity contribution in [3.63, 3.8) is 0 Å². The van der Waals surface area contributed by atoms with E-state index >= 15 is 0 Å². The fourth-order valence-electron chi connectivity index (χ4n) is 3.06. The lowest BCUT2D eigenvalue weighted by molar-refractivity contribution is 0.0996. The van der Waals surface area contributed by atoms with E-state index in [4.69, 9.17) is 9.26 Å². The lowest BCUT2D eigenvalue weighted by Gasteiger charge is -2.20. The molecule has 1 saturated heterocycles. The van der Waals surface area contributed by atoms with Gasteiger partial charge in [0, 0.05) is 24.6 Å². The van der Waals surface area contributed by atoms with Gasteiger partial charge in [-0.3, -0.25) is 4.98 Å². The second-order valence-corrected chi connectivity index (χ2v) is 6.30. The number of aromatic nitrogens is 3. The monoisotopic (exact) mass is 383 g/mol. The molecule has 3 aromatic rings. The van der Waals surface area contributed by atoms with Gasteiger partial charge in [-0.1, -0.05) is 23.4 Å². The first kappa shape index (κ1) is 18.1.